The van der Waals surface area contributed by atoms with E-state index in [1.54, 1.807) is 6.92 Å². The van der Waals surface area contributed by atoms with Crippen molar-refractivity contribution in [2.75, 3.05) is 13.1 Å². The van der Waals surface area contributed by atoms with Gasteiger partial charge in [0.2, 0.25) is 5.91 Å². The highest BCUT2D eigenvalue weighted by molar-refractivity contribution is 5.85. The third-order valence-electron chi connectivity index (χ3n) is 7.09. The molecule has 4 heteroatoms. The number of hydrogen-bond acceptors (Lipinski definition) is 2. The van der Waals surface area contributed by atoms with Crippen LogP contribution in [-0.2, 0) is 16.0 Å². The van der Waals surface area contributed by atoms with Crippen molar-refractivity contribution in [2.45, 2.75) is 59.3 Å². The van der Waals surface area contributed by atoms with Crippen molar-refractivity contribution in [1.29, 1.82) is 0 Å². The summed E-state index contributed by atoms with van der Waals surface area (Å²) in [7, 11) is 0. The maximum absolute atomic E-state index is 13.0. The molecule has 2 fully saturated rings. The molecular formula is C22H31NO3. The Hall–Kier alpha value is -1.84. The first kappa shape index (κ1) is 18.9. The molecule has 0 spiro atoms. The highest BCUT2D eigenvalue weighted by Gasteiger charge is 2.54. The lowest BCUT2D eigenvalue weighted by atomic mass is 9.60. The normalized spacial score (nSPS) is 30.5. The second kappa shape index (κ2) is 6.71. The maximum atomic E-state index is 13.0. The van der Waals surface area contributed by atoms with Gasteiger partial charge in [0.15, 0.2) is 0 Å². The van der Waals surface area contributed by atoms with Crippen LogP contribution in [0.5, 0.6) is 0 Å². The zero-order chi connectivity index (χ0) is 19.0. The van der Waals surface area contributed by atoms with E-state index in [0.29, 0.717) is 6.42 Å². The fourth-order valence-electron chi connectivity index (χ4n) is 4.95. The number of aliphatic carboxylic acids is 1. The van der Waals surface area contributed by atoms with Gasteiger partial charge in [0.25, 0.3) is 0 Å². The Balaban J connectivity index is 1.74. The molecule has 1 amide bonds. The number of nitrogens with zero attached hydrogens (tertiary/aromatic N) is 1. The molecule has 1 N–H and O–H groups in total. The molecule has 26 heavy (non-hydrogen) atoms. The van der Waals surface area contributed by atoms with E-state index in [0.717, 1.165) is 31.5 Å². The summed E-state index contributed by atoms with van der Waals surface area (Å²) in [6, 6.07) is 9.59. The van der Waals surface area contributed by atoms with E-state index in [9.17, 15) is 14.7 Å². The molecule has 1 saturated heterocycles. The second-order valence-electron chi connectivity index (χ2n) is 9.28. The van der Waals surface area contributed by atoms with Crippen LogP contribution in [0.15, 0.2) is 30.3 Å². The maximum Gasteiger partial charge on any atom is 0.310 e. The summed E-state index contributed by atoms with van der Waals surface area (Å²) in [5.74, 6) is -0.911. The molecule has 0 unspecified atom stereocenters. The van der Waals surface area contributed by atoms with Crippen LogP contribution in [0.3, 0.4) is 0 Å². The number of rotatable bonds is 5. The van der Waals surface area contributed by atoms with E-state index in [2.05, 4.69) is 13.8 Å². The fraction of sp³-hybridized carbons (Fsp3) is 0.636. The van der Waals surface area contributed by atoms with Gasteiger partial charge in [-0.3, -0.25) is 9.59 Å². The minimum Gasteiger partial charge on any atom is -0.481 e. The highest BCUT2D eigenvalue weighted by Crippen LogP contribution is 2.55. The molecule has 3 rings (SSSR count). The van der Waals surface area contributed by atoms with Crippen molar-refractivity contribution < 1.29 is 14.7 Å². The molecule has 4 nitrogen and oxygen atoms in total. The molecule has 1 aliphatic heterocycles. The Kier molecular flexibility index (Phi) is 4.89. The average Bonchev–Trinajstić information content (AvgIpc) is 2.87. The van der Waals surface area contributed by atoms with Crippen LogP contribution in [0.25, 0.3) is 0 Å². The number of hydrogen-bond donors (Lipinski definition) is 1. The van der Waals surface area contributed by atoms with Crippen molar-refractivity contribution in [3.63, 3.8) is 0 Å². The number of benzene rings is 1. The molecule has 142 valence electrons. The van der Waals surface area contributed by atoms with Crippen molar-refractivity contribution in [2.24, 2.45) is 16.2 Å². The highest BCUT2D eigenvalue weighted by atomic mass is 16.4. The minimum absolute atomic E-state index is 0.0114. The van der Waals surface area contributed by atoms with Crippen molar-refractivity contribution in [1.82, 2.24) is 4.90 Å². The number of likely N-dealkylation sites (tertiary alicyclic amines) is 1. The molecular weight excluding hydrogens is 326 g/mol. The van der Waals surface area contributed by atoms with Crippen LogP contribution in [0.2, 0.25) is 0 Å². The second-order valence-corrected chi connectivity index (χ2v) is 9.28. The van der Waals surface area contributed by atoms with E-state index >= 15 is 0 Å². The molecule has 0 bridgehead atoms. The summed E-state index contributed by atoms with van der Waals surface area (Å²) in [4.78, 5) is 27.0. The van der Waals surface area contributed by atoms with Crippen molar-refractivity contribution in [3.8, 4) is 0 Å². The largest absolute Gasteiger partial charge is 0.481 e. The standard InChI is InChI=1S/C22H31NO3/c1-20(19(25)26,13-17-9-5-4-6-10-17)14-18(24)23-15-21(2)11-7-8-12-22(21,3)16-23/h4-6,9-10H,7-8,11-16H2,1-3H3,(H,25,26)/t20-,21-,22+/m0/s1. The average molecular weight is 357 g/mol. The summed E-state index contributed by atoms with van der Waals surface area (Å²) in [5.41, 5.74) is 0.215. The summed E-state index contributed by atoms with van der Waals surface area (Å²) in [6.07, 6.45) is 5.21. The van der Waals surface area contributed by atoms with E-state index in [1.807, 2.05) is 35.2 Å². The molecule has 1 saturated carbocycles. The quantitative estimate of drug-likeness (QED) is 0.862. The minimum atomic E-state index is -1.08. The van der Waals surface area contributed by atoms with E-state index < -0.39 is 11.4 Å². The number of amides is 1. The smallest absolute Gasteiger partial charge is 0.310 e. The molecule has 1 heterocycles. The summed E-state index contributed by atoms with van der Waals surface area (Å²) < 4.78 is 0. The van der Waals surface area contributed by atoms with Gasteiger partial charge >= 0.3 is 5.97 Å². The van der Waals surface area contributed by atoms with Crippen LogP contribution in [0, 0.1) is 16.2 Å². The number of carbonyl (C=O) groups excluding carboxylic acids is 1. The van der Waals surface area contributed by atoms with Crippen LogP contribution in [0.1, 0.15) is 58.4 Å². The predicted octanol–water partition coefficient (Wildman–Crippen LogP) is 4.14. The van der Waals surface area contributed by atoms with Gasteiger partial charge in [0, 0.05) is 19.5 Å². The van der Waals surface area contributed by atoms with Crippen LogP contribution < -0.4 is 0 Å². The molecule has 0 radical (unpaired) electrons. The SMILES string of the molecule is C[C@@](CC(=O)N1C[C@]2(C)CCCC[C@]2(C)C1)(Cc1ccccc1)C(=O)O. The van der Waals surface area contributed by atoms with E-state index in [-0.39, 0.29) is 23.2 Å². The fourth-order valence-corrected chi connectivity index (χ4v) is 4.95. The third-order valence-corrected chi connectivity index (χ3v) is 7.09. The Bertz CT molecular complexity index is 668. The van der Waals surface area contributed by atoms with Crippen LogP contribution in [0.4, 0.5) is 0 Å². The topological polar surface area (TPSA) is 57.6 Å². The molecule has 0 aromatic heterocycles. The third kappa shape index (κ3) is 3.38. The van der Waals surface area contributed by atoms with Gasteiger partial charge in [0.1, 0.15) is 0 Å². The van der Waals surface area contributed by atoms with Crippen molar-refractivity contribution in [3.05, 3.63) is 35.9 Å². The molecule has 3 atom stereocenters. The summed E-state index contributed by atoms with van der Waals surface area (Å²) in [6.45, 7) is 7.85. The number of fused-ring (bicyclic) bond motifs is 1. The van der Waals surface area contributed by atoms with Crippen LogP contribution in [-0.4, -0.2) is 35.0 Å². The molecule has 1 aliphatic carbocycles. The monoisotopic (exact) mass is 357 g/mol. The van der Waals surface area contributed by atoms with Crippen LogP contribution >= 0.6 is 0 Å². The van der Waals surface area contributed by atoms with Gasteiger partial charge < -0.3 is 10.0 Å². The van der Waals surface area contributed by atoms with Crippen molar-refractivity contribution >= 4 is 11.9 Å². The van der Waals surface area contributed by atoms with Gasteiger partial charge in [-0.05, 0) is 42.6 Å². The lowest BCUT2D eigenvalue weighted by Gasteiger charge is -2.43. The summed E-state index contributed by atoms with van der Waals surface area (Å²) in [5, 5.41) is 9.82. The molecule has 1 aromatic rings. The Morgan fingerprint density at radius 3 is 2.12 bits per heavy atom. The Morgan fingerprint density at radius 1 is 1.08 bits per heavy atom. The van der Waals surface area contributed by atoms with Gasteiger partial charge in [-0.1, -0.05) is 57.0 Å². The zero-order valence-electron chi connectivity index (χ0n) is 16.3. The van der Waals surface area contributed by atoms with E-state index in [1.165, 1.54) is 12.8 Å². The molecule has 2 aliphatic rings. The lowest BCUT2D eigenvalue weighted by molar-refractivity contribution is -0.152. The predicted molar refractivity (Wildman–Crippen MR) is 102 cm³/mol. The van der Waals surface area contributed by atoms with Gasteiger partial charge in [-0.15, -0.1) is 0 Å². The summed E-state index contributed by atoms with van der Waals surface area (Å²) >= 11 is 0. The number of carboxylic acid groups (broad SMARTS) is 1. The first-order chi connectivity index (χ1) is 12.2. The Morgan fingerprint density at radius 2 is 1.62 bits per heavy atom. The van der Waals surface area contributed by atoms with Gasteiger partial charge in [-0.25, -0.2) is 0 Å². The number of carboxylic acids is 1. The van der Waals surface area contributed by atoms with E-state index in [4.69, 9.17) is 0 Å². The first-order valence-corrected chi connectivity index (χ1v) is 9.73. The Labute approximate surface area is 156 Å². The first-order valence-electron chi connectivity index (χ1n) is 9.73. The van der Waals surface area contributed by atoms with Gasteiger partial charge in [-0.2, -0.15) is 0 Å². The number of carbonyl (C=O) groups is 2. The zero-order valence-corrected chi connectivity index (χ0v) is 16.3. The molecule has 1 aromatic carbocycles. The lowest BCUT2D eigenvalue weighted by Crippen LogP contribution is -2.39. The van der Waals surface area contributed by atoms with Gasteiger partial charge in [0.05, 0.1) is 5.41 Å².